The Bertz CT molecular complexity index is 1490. The quantitative estimate of drug-likeness (QED) is 0.179. The average Bonchev–Trinajstić information content (AvgIpc) is 3.38. The Balaban J connectivity index is 1.46. The average molecular weight is 625 g/mol. The fourth-order valence-electron chi connectivity index (χ4n) is 3.68. The molecule has 12 heteroatoms. The Labute approximate surface area is 243 Å². The summed E-state index contributed by atoms with van der Waals surface area (Å²) in [7, 11) is 1.51. The van der Waals surface area contributed by atoms with E-state index < -0.39 is 5.97 Å². The number of hydrogen-bond donors (Lipinski definition) is 2. The first-order chi connectivity index (χ1) is 19.4. The molecule has 2 N–H and O–H groups in total. The summed E-state index contributed by atoms with van der Waals surface area (Å²) in [5, 5.41) is 14.7. The molecule has 0 saturated heterocycles. The van der Waals surface area contributed by atoms with Gasteiger partial charge in [-0.3, -0.25) is 14.2 Å². The van der Waals surface area contributed by atoms with Crippen LogP contribution < -0.4 is 15.4 Å². The summed E-state index contributed by atoms with van der Waals surface area (Å²) in [6, 6.07) is 20.9. The zero-order chi connectivity index (χ0) is 28.5. The molecular formula is C28H26BrN5O5S. The molecule has 0 bridgehead atoms. The molecule has 4 aromatic rings. The third-order valence-electron chi connectivity index (χ3n) is 5.56. The Hall–Kier alpha value is -4.16. The van der Waals surface area contributed by atoms with Crippen molar-refractivity contribution >= 4 is 51.2 Å². The number of nitrogens with one attached hydrogen (secondary N) is 2. The van der Waals surface area contributed by atoms with Gasteiger partial charge in [0.05, 0.1) is 37.1 Å². The lowest BCUT2D eigenvalue weighted by Gasteiger charge is -2.12. The molecule has 0 fully saturated rings. The molecule has 4 rings (SSSR count). The van der Waals surface area contributed by atoms with Crippen LogP contribution in [0.2, 0.25) is 0 Å². The molecule has 0 radical (unpaired) electrons. The van der Waals surface area contributed by atoms with E-state index in [-0.39, 0.29) is 30.7 Å². The number of esters is 1. The normalized spacial score (nSPS) is 10.6. The number of carbonyl (C=O) groups is 3. The summed E-state index contributed by atoms with van der Waals surface area (Å²) in [5.41, 5.74) is 2.13. The van der Waals surface area contributed by atoms with Gasteiger partial charge in [-0.15, -0.1) is 10.2 Å². The number of benzene rings is 3. The van der Waals surface area contributed by atoms with Crippen molar-refractivity contribution in [2.24, 2.45) is 0 Å². The van der Waals surface area contributed by atoms with E-state index in [1.54, 1.807) is 60.0 Å². The van der Waals surface area contributed by atoms with Crippen molar-refractivity contribution in [3.8, 4) is 11.4 Å². The smallest absolute Gasteiger partial charge is 0.338 e. The third-order valence-corrected chi connectivity index (χ3v) is 7.01. The minimum Gasteiger partial charge on any atom is -0.496 e. The van der Waals surface area contributed by atoms with E-state index in [1.165, 1.54) is 18.9 Å². The standard InChI is InChI=1S/C28H26BrN5O5S/c1-3-39-27(37)18-8-12-20(13-9-18)31-25(35)17-40-28-33-32-24(34(28)21-14-10-19(29)11-15-21)16-30-26(36)22-6-4-5-7-23(22)38-2/h4-15H,3,16-17H2,1-2H3,(H,30,36)(H,31,35). The van der Waals surface area contributed by atoms with Gasteiger partial charge in [0.2, 0.25) is 5.91 Å². The molecule has 0 aliphatic rings. The third kappa shape index (κ3) is 7.27. The zero-order valence-corrected chi connectivity index (χ0v) is 24.1. The second kappa shape index (κ2) is 13.8. The first-order valence-corrected chi connectivity index (χ1v) is 14.0. The molecule has 1 heterocycles. The minimum atomic E-state index is -0.418. The number of rotatable bonds is 11. The number of amides is 2. The molecular weight excluding hydrogens is 598 g/mol. The topological polar surface area (TPSA) is 124 Å². The molecule has 0 spiro atoms. The van der Waals surface area contributed by atoms with Crippen LogP contribution in [0.3, 0.4) is 0 Å². The largest absolute Gasteiger partial charge is 0.496 e. The first kappa shape index (κ1) is 28.8. The molecule has 3 aromatic carbocycles. The van der Waals surface area contributed by atoms with Crippen molar-refractivity contribution in [2.75, 3.05) is 24.8 Å². The molecule has 2 amide bonds. The van der Waals surface area contributed by atoms with Gasteiger partial charge in [0.1, 0.15) is 5.75 Å². The van der Waals surface area contributed by atoms with Crippen LogP contribution in [0.25, 0.3) is 5.69 Å². The highest BCUT2D eigenvalue weighted by molar-refractivity contribution is 9.10. The summed E-state index contributed by atoms with van der Waals surface area (Å²) < 4.78 is 13.0. The summed E-state index contributed by atoms with van der Waals surface area (Å²) >= 11 is 4.65. The molecule has 10 nitrogen and oxygen atoms in total. The van der Waals surface area contributed by atoms with Crippen LogP contribution in [0.15, 0.2) is 82.4 Å². The molecule has 40 heavy (non-hydrogen) atoms. The van der Waals surface area contributed by atoms with Crippen molar-refractivity contribution in [3.63, 3.8) is 0 Å². The van der Waals surface area contributed by atoms with Crippen LogP contribution in [0.4, 0.5) is 5.69 Å². The Kier molecular flexibility index (Phi) is 9.92. The lowest BCUT2D eigenvalue weighted by Crippen LogP contribution is -2.25. The van der Waals surface area contributed by atoms with E-state index in [2.05, 4.69) is 36.8 Å². The Morgan fingerprint density at radius 3 is 2.40 bits per heavy atom. The Morgan fingerprint density at radius 1 is 0.975 bits per heavy atom. The van der Waals surface area contributed by atoms with Gasteiger partial charge in [-0.05, 0) is 67.6 Å². The monoisotopic (exact) mass is 623 g/mol. The number of carbonyl (C=O) groups excluding carboxylic acids is 3. The lowest BCUT2D eigenvalue weighted by molar-refractivity contribution is -0.113. The van der Waals surface area contributed by atoms with Gasteiger partial charge in [0.25, 0.3) is 5.91 Å². The zero-order valence-electron chi connectivity index (χ0n) is 21.7. The van der Waals surface area contributed by atoms with Crippen molar-refractivity contribution < 1.29 is 23.9 Å². The molecule has 0 unspecified atom stereocenters. The highest BCUT2D eigenvalue weighted by Gasteiger charge is 2.18. The second-order valence-electron chi connectivity index (χ2n) is 8.23. The summed E-state index contributed by atoms with van der Waals surface area (Å²) in [6.45, 7) is 2.12. The summed E-state index contributed by atoms with van der Waals surface area (Å²) in [4.78, 5) is 37.4. The van der Waals surface area contributed by atoms with Crippen LogP contribution in [-0.4, -0.2) is 52.0 Å². The number of aromatic nitrogens is 3. The maximum Gasteiger partial charge on any atom is 0.338 e. The van der Waals surface area contributed by atoms with Crippen LogP contribution in [-0.2, 0) is 16.1 Å². The van der Waals surface area contributed by atoms with Crippen LogP contribution in [0.5, 0.6) is 5.75 Å². The van der Waals surface area contributed by atoms with E-state index in [0.29, 0.717) is 33.5 Å². The first-order valence-electron chi connectivity index (χ1n) is 12.2. The molecule has 206 valence electrons. The number of anilines is 1. The van der Waals surface area contributed by atoms with Crippen molar-refractivity contribution in [1.29, 1.82) is 0 Å². The molecule has 0 aliphatic heterocycles. The number of thioether (sulfide) groups is 1. The van der Waals surface area contributed by atoms with Crippen molar-refractivity contribution in [2.45, 2.75) is 18.6 Å². The highest BCUT2D eigenvalue weighted by atomic mass is 79.9. The van der Waals surface area contributed by atoms with E-state index in [9.17, 15) is 14.4 Å². The number of hydrogen-bond acceptors (Lipinski definition) is 8. The van der Waals surface area contributed by atoms with E-state index >= 15 is 0 Å². The number of para-hydroxylation sites is 1. The number of halogens is 1. The van der Waals surface area contributed by atoms with Gasteiger partial charge in [0, 0.05) is 15.8 Å². The van der Waals surface area contributed by atoms with Gasteiger partial charge in [-0.25, -0.2) is 4.79 Å². The number of ether oxygens (including phenoxy) is 2. The predicted octanol–water partition coefficient (Wildman–Crippen LogP) is 4.88. The lowest BCUT2D eigenvalue weighted by atomic mass is 10.2. The maximum atomic E-state index is 12.8. The van der Waals surface area contributed by atoms with Gasteiger partial charge < -0.3 is 20.1 Å². The summed E-state index contributed by atoms with van der Waals surface area (Å²) in [5.74, 6) is 0.0194. The van der Waals surface area contributed by atoms with Crippen LogP contribution in [0, 0.1) is 0 Å². The van der Waals surface area contributed by atoms with E-state index in [4.69, 9.17) is 9.47 Å². The highest BCUT2D eigenvalue weighted by Crippen LogP contribution is 2.24. The fraction of sp³-hybridized carbons (Fsp3) is 0.179. The van der Waals surface area contributed by atoms with Gasteiger partial charge in [-0.1, -0.05) is 39.8 Å². The molecule has 0 aliphatic carbocycles. The van der Waals surface area contributed by atoms with Crippen molar-refractivity contribution in [1.82, 2.24) is 20.1 Å². The SMILES string of the molecule is CCOC(=O)c1ccc(NC(=O)CSc2nnc(CNC(=O)c3ccccc3OC)n2-c2ccc(Br)cc2)cc1. The number of nitrogens with zero attached hydrogens (tertiary/aromatic N) is 3. The van der Waals surface area contributed by atoms with Gasteiger partial charge in [-0.2, -0.15) is 0 Å². The summed E-state index contributed by atoms with van der Waals surface area (Å²) in [6.07, 6.45) is 0. The minimum absolute atomic E-state index is 0.0574. The number of methoxy groups -OCH3 is 1. The van der Waals surface area contributed by atoms with Crippen LogP contribution in [0.1, 0.15) is 33.5 Å². The second-order valence-corrected chi connectivity index (χ2v) is 10.1. The van der Waals surface area contributed by atoms with E-state index in [1.807, 2.05) is 24.3 Å². The van der Waals surface area contributed by atoms with Gasteiger partial charge in [0.15, 0.2) is 11.0 Å². The van der Waals surface area contributed by atoms with Gasteiger partial charge >= 0.3 is 5.97 Å². The molecule has 0 atom stereocenters. The maximum absolute atomic E-state index is 12.8. The van der Waals surface area contributed by atoms with Crippen molar-refractivity contribution in [3.05, 3.63) is 94.2 Å². The molecule has 0 saturated carbocycles. The Morgan fingerprint density at radius 2 is 1.70 bits per heavy atom. The predicted molar refractivity (Wildman–Crippen MR) is 155 cm³/mol. The fourth-order valence-corrected chi connectivity index (χ4v) is 4.71. The van der Waals surface area contributed by atoms with Crippen LogP contribution >= 0.6 is 27.7 Å². The molecule has 1 aromatic heterocycles. The van der Waals surface area contributed by atoms with E-state index in [0.717, 1.165) is 10.2 Å².